The molecular formula is C15H18F3NO3S. The highest BCUT2D eigenvalue weighted by Crippen LogP contribution is 2.41. The van der Waals surface area contributed by atoms with Crippen LogP contribution >= 0.6 is 0 Å². The van der Waals surface area contributed by atoms with E-state index < -0.39 is 21.7 Å². The molecule has 0 N–H and O–H groups in total. The van der Waals surface area contributed by atoms with Gasteiger partial charge in [-0.25, -0.2) is 0 Å². The van der Waals surface area contributed by atoms with Crippen molar-refractivity contribution in [2.24, 2.45) is 11.8 Å². The van der Waals surface area contributed by atoms with Crippen molar-refractivity contribution in [3.05, 3.63) is 35.9 Å². The molecule has 1 heterocycles. The van der Waals surface area contributed by atoms with E-state index in [4.69, 9.17) is 0 Å². The Hall–Kier alpha value is -1.12. The highest BCUT2D eigenvalue weighted by Gasteiger charge is 2.53. The molecule has 1 aromatic rings. The molecule has 0 aromatic heterocycles. The zero-order chi connectivity index (χ0) is 16.7. The molecule has 3 rings (SSSR count). The van der Waals surface area contributed by atoms with E-state index in [2.05, 4.69) is 9.08 Å². The minimum absolute atomic E-state index is 0.172. The van der Waals surface area contributed by atoms with E-state index in [1.807, 2.05) is 30.3 Å². The highest BCUT2D eigenvalue weighted by atomic mass is 32.2. The summed E-state index contributed by atoms with van der Waals surface area (Å²) in [7, 11) is -5.52. The van der Waals surface area contributed by atoms with Gasteiger partial charge in [0.15, 0.2) is 0 Å². The Kier molecular flexibility index (Phi) is 4.41. The van der Waals surface area contributed by atoms with E-state index in [1.54, 1.807) is 0 Å². The molecule has 128 valence electrons. The number of hydrogen-bond acceptors (Lipinski definition) is 4. The van der Waals surface area contributed by atoms with Gasteiger partial charge in [0.1, 0.15) is 0 Å². The van der Waals surface area contributed by atoms with Crippen LogP contribution in [-0.2, 0) is 20.8 Å². The number of alkyl halides is 3. The van der Waals surface area contributed by atoms with E-state index in [9.17, 15) is 21.6 Å². The number of hydrogen-bond donors (Lipinski definition) is 0. The first-order valence-corrected chi connectivity index (χ1v) is 8.93. The number of fused-ring (bicyclic) bond motifs is 2. The molecule has 3 atom stereocenters. The summed E-state index contributed by atoms with van der Waals surface area (Å²) in [6.07, 6.45) is 0.552. The van der Waals surface area contributed by atoms with Crippen LogP contribution in [-0.4, -0.2) is 38.0 Å². The zero-order valence-corrected chi connectivity index (χ0v) is 13.2. The maximum Gasteiger partial charge on any atom is 0.523 e. The minimum Gasteiger partial charge on any atom is -0.298 e. The van der Waals surface area contributed by atoms with Gasteiger partial charge >= 0.3 is 15.6 Å². The summed E-state index contributed by atoms with van der Waals surface area (Å²) in [5.74, 6) is -0.343. The van der Waals surface area contributed by atoms with Crippen molar-refractivity contribution < 1.29 is 25.8 Å². The van der Waals surface area contributed by atoms with Gasteiger partial charge in [0.05, 0.1) is 6.10 Å². The van der Waals surface area contributed by atoms with Crippen molar-refractivity contribution >= 4 is 10.1 Å². The fourth-order valence-electron chi connectivity index (χ4n) is 3.60. The summed E-state index contributed by atoms with van der Waals surface area (Å²) in [6.45, 7) is 1.83. The number of rotatable bonds is 4. The molecular weight excluding hydrogens is 331 g/mol. The lowest BCUT2D eigenvalue weighted by Gasteiger charge is -2.37. The maximum atomic E-state index is 12.5. The molecule has 2 fully saturated rings. The van der Waals surface area contributed by atoms with Gasteiger partial charge in [-0.15, -0.1) is 0 Å². The summed E-state index contributed by atoms with van der Waals surface area (Å²) < 4.78 is 64.6. The number of halogens is 3. The third-order valence-electron chi connectivity index (χ3n) is 4.59. The lowest BCUT2D eigenvalue weighted by Crippen LogP contribution is -2.47. The Morgan fingerprint density at radius 1 is 1.09 bits per heavy atom. The van der Waals surface area contributed by atoms with Gasteiger partial charge in [-0.05, 0) is 30.2 Å². The topological polar surface area (TPSA) is 46.6 Å². The Morgan fingerprint density at radius 2 is 1.65 bits per heavy atom. The molecule has 1 saturated heterocycles. The van der Waals surface area contributed by atoms with Crippen LogP contribution in [0.5, 0.6) is 0 Å². The number of benzene rings is 1. The van der Waals surface area contributed by atoms with E-state index in [1.165, 1.54) is 0 Å². The van der Waals surface area contributed by atoms with Gasteiger partial charge in [0, 0.05) is 19.6 Å². The number of likely N-dealkylation sites (tertiary alicyclic amines) is 1. The van der Waals surface area contributed by atoms with Crippen LogP contribution in [0, 0.1) is 11.8 Å². The standard InChI is InChI=1S/C15H18F3NO3S/c16-15(17,18)23(20,21)22-14-12-6-7-13(14)10-19(9-12)8-11-4-2-1-3-5-11/h1-5,12-14H,6-10H2/t12-,13+,14?. The SMILES string of the molecule is O=S(=O)(OC1[C@@H]2CC[C@H]1CN(Cc1ccccc1)C2)C(F)(F)F. The second-order valence-electron chi connectivity index (χ2n) is 6.24. The molecule has 0 amide bonds. The minimum atomic E-state index is -5.52. The van der Waals surface area contributed by atoms with Crippen LogP contribution < -0.4 is 0 Å². The Labute approximate surface area is 133 Å². The molecule has 1 unspecified atom stereocenters. The average Bonchev–Trinajstić information content (AvgIpc) is 2.70. The molecule has 1 saturated carbocycles. The van der Waals surface area contributed by atoms with Gasteiger partial charge in [0.2, 0.25) is 0 Å². The second kappa shape index (κ2) is 6.07. The lowest BCUT2D eigenvalue weighted by atomic mass is 9.95. The first-order valence-electron chi connectivity index (χ1n) is 7.52. The predicted octanol–water partition coefficient (Wildman–Crippen LogP) is 2.76. The van der Waals surface area contributed by atoms with Crippen LogP contribution in [0.2, 0.25) is 0 Å². The summed E-state index contributed by atoms with van der Waals surface area (Å²) >= 11 is 0. The third-order valence-corrected chi connectivity index (χ3v) is 5.64. The van der Waals surface area contributed by atoms with Crippen molar-refractivity contribution in [1.82, 2.24) is 4.90 Å². The van der Waals surface area contributed by atoms with Crippen molar-refractivity contribution in [2.75, 3.05) is 13.1 Å². The predicted molar refractivity (Wildman–Crippen MR) is 77.8 cm³/mol. The molecule has 23 heavy (non-hydrogen) atoms. The molecule has 2 bridgehead atoms. The molecule has 0 spiro atoms. The largest absolute Gasteiger partial charge is 0.523 e. The van der Waals surface area contributed by atoms with E-state index >= 15 is 0 Å². The van der Waals surface area contributed by atoms with Gasteiger partial charge < -0.3 is 0 Å². The van der Waals surface area contributed by atoms with Crippen LogP contribution in [0.3, 0.4) is 0 Å². The first kappa shape index (κ1) is 16.7. The van der Waals surface area contributed by atoms with E-state index in [0.717, 1.165) is 5.56 Å². The van der Waals surface area contributed by atoms with Crippen molar-refractivity contribution in [3.63, 3.8) is 0 Å². The first-order chi connectivity index (χ1) is 10.8. The molecule has 1 aromatic carbocycles. The average molecular weight is 349 g/mol. The molecule has 8 heteroatoms. The summed E-state index contributed by atoms with van der Waals surface area (Å²) in [6, 6.07) is 9.80. The molecule has 2 aliphatic rings. The quantitative estimate of drug-likeness (QED) is 0.619. The molecule has 0 radical (unpaired) electrons. The van der Waals surface area contributed by atoms with E-state index in [0.29, 0.717) is 32.5 Å². The molecule has 1 aliphatic carbocycles. The van der Waals surface area contributed by atoms with Crippen molar-refractivity contribution in [3.8, 4) is 0 Å². The second-order valence-corrected chi connectivity index (χ2v) is 7.80. The smallest absolute Gasteiger partial charge is 0.298 e. The summed E-state index contributed by atoms with van der Waals surface area (Å²) in [4.78, 5) is 2.16. The van der Waals surface area contributed by atoms with Gasteiger partial charge in [0.25, 0.3) is 0 Å². The van der Waals surface area contributed by atoms with Gasteiger partial charge in [-0.1, -0.05) is 30.3 Å². The fraction of sp³-hybridized carbons (Fsp3) is 0.600. The Balaban J connectivity index is 1.66. The van der Waals surface area contributed by atoms with E-state index in [-0.39, 0.29) is 11.8 Å². The highest BCUT2D eigenvalue weighted by molar-refractivity contribution is 7.87. The lowest BCUT2D eigenvalue weighted by molar-refractivity contribution is -0.0646. The fourth-order valence-corrected chi connectivity index (χ4v) is 4.31. The van der Waals surface area contributed by atoms with Gasteiger partial charge in [-0.3, -0.25) is 9.08 Å². The number of piperidine rings is 1. The Morgan fingerprint density at radius 3 is 2.17 bits per heavy atom. The van der Waals surface area contributed by atoms with Crippen LogP contribution in [0.15, 0.2) is 30.3 Å². The molecule has 1 aliphatic heterocycles. The summed E-state index contributed by atoms with van der Waals surface area (Å²) in [5.41, 5.74) is -4.22. The summed E-state index contributed by atoms with van der Waals surface area (Å²) in [5, 5.41) is 0. The van der Waals surface area contributed by atoms with Crippen LogP contribution in [0.25, 0.3) is 0 Å². The van der Waals surface area contributed by atoms with Crippen LogP contribution in [0.4, 0.5) is 13.2 Å². The third kappa shape index (κ3) is 3.54. The van der Waals surface area contributed by atoms with Crippen molar-refractivity contribution in [2.45, 2.75) is 31.0 Å². The zero-order valence-electron chi connectivity index (χ0n) is 12.4. The maximum absolute atomic E-state index is 12.5. The van der Waals surface area contributed by atoms with Gasteiger partial charge in [-0.2, -0.15) is 21.6 Å². The number of nitrogens with zero attached hydrogens (tertiary/aromatic N) is 1. The Bertz CT molecular complexity index is 634. The normalized spacial score (nSPS) is 28.9. The van der Waals surface area contributed by atoms with Crippen LogP contribution in [0.1, 0.15) is 18.4 Å². The molecule has 4 nitrogen and oxygen atoms in total. The van der Waals surface area contributed by atoms with Crippen molar-refractivity contribution in [1.29, 1.82) is 0 Å². The monoisotopic (exact) mass is 349 g/mol.